The van der Waals surface area contributed by atoms with Crippen molar-refractivity contribution in [2.45, 2.75) is 18.9 Å². The van der Waals surface area contributed by atoms with E-state index in [1.165, 1.54) is 11.8 Å². The number of thioether (sulfide) groups is 1. The van der Waals surface area contributed by atoms with E-state index >= 15 is 0 Å². The zero-order chi connectivity index (χ0) is 13.2. The van der Waals surface area contributed by atoms with Gasteiger partial charge in [0.15, 0.2) is 0 Å². The van der Waals surface area contributed by atoms with Crippen molar-refractivity contribution in [3.63, 3.8) is 0 Å². The highest BCUT2D eigenvalue weighted by Crippen LogP contribution is 2.20. The number of hydrogen-bond acceptors (Lipinski definition) is 3. The van der Waals surface area contributed by atoms with Crippen LogP contribution in [0, 0.1) is 0 Å². The minimum absolute atomic E-state index is 0.0741. The number of hydrogen-bond donors (Lipinski definition) is 2. The molecule has 1 aliphatic rings. The lowest BCUT2D eigenvalue weighted by Gasteiger charge is -2.09. The maximum atomic E-state index is 11.9. The summed E-state index contributed by atoms with van der Waals surface area (Å²) in [6, 6.07) is 9.58. The number of carbonyl (C=O) groups excluding carboxylic acids is 2. The van der Waals surface area contributed by atoms with Crippen LogP contribution in [0.5, 0.6) is 0 Å². The summed E-state index contributed by atoms with van der Waals surface area (Å²) in [5.74, 6) is 0.698. The first-order chi connectivity index (χ1) is 9.22. The largest absolute Gasteiger partial charge is 0.358 e. The average molecular weight is 274 g/mol. The molecule has 1 atom stereocenters. The van der Waals surface area contributed by atoms with E-state index in [-0.39, 0.29) is 23.5 Å². The highest BCUT2D eigenvalue weighted by atomic mass is 32.2. The van der Waals surface area contributed by atoms with Crippen molar-refractivity contribution in [1.29, 1.82) is 0 Å². The molecule has 1 fully saturated rings. The van der Waals surface area contributed by atoms with Gasteiger partial charge in [-0.2, -0.15) is 0 Å². The lowest BCUT2D eigenvalue weighted by Crippen LogP contribution is -2.38. The average Bonchev–Trinajstić information content (AvgIpc) is 2.95. The maximum absolute atomic E-state index is 11.9. The standard InChI is InChI=1S/C14H14N2O2S/c17-13(16-12-5-6-19-14(12)18)8-10-7-9-3-1-2-4-11(9)15-10/h1-4,7,12,15H,5-6,8H2,(H,16,17)/t12-/m0/s1. The van der Waals surface area contributed by atoms with Crippen LogP contribution in [-0.4, -0.2) is 27.8 Å². The normalized spacial score (nSPS) is 18.9. The number of rotatable bonds is 3. The van der Waals surface area contributed by atoms with Crippen molar-refractivity contribution in [2.24, 2.45) is 0 Å². The molecule has 3 rings (SSSR count). The summed E-state index contributed by atoms with van der Waals surface area (Å²) in [6.45, 7) is 0. The van der Waals surface area contributed by atoms with Gasteiger partial charge < -0.3 is 10.3 Å². The molecule has 0 radical (unpaired) electrons. The van der Waals surface area contributed by atoms with Crippen molar-refractivity contribution in [3.05, 3.63) is 36.0 Å². The number of aromatic amines is 1. The Hall–Kier alpha value is -1.75. The number of H-pyrrole nitrogens is 1. The molecule has 1 saturated heterocycles. The van der Waals surface area contributed by atoms with Gasteiger partial charge >= 0.3 is 0 Å². The number of para-hydroxylation sites is 1. The SMILES string of the molecule is O=C(Cc1cc2ccccc2[nH]1)N[C@H]1CCSC1=O. The predicted octanol–water partition coefficient (Wildman–Crippen LogP) is 1.86. The first-order valence-corrected chi connectivity index (χ1v) is 7.23. The lowest BCUT2D eigenvalue weighted by molar-refractivity contribution is -0.124. The number of carbonyl (C=O) groups is 2. The number of fused-ring (bicyclic) bond motifs is 1. The minimum atomic E-state index is -0.304. The van der Waals surface area contributed by atoms with Crippen LogP contribution in [0.25, 0.3) is 10.9 Å². The van der Waals surface area contributed by atoms with Crippen LogP contribution in [0.1, 0.15) is 12.1 Å². The Morgan fingerprint density at radius 2 is 2.26 bits per heavy atom. The summed E-state index contributed by atoms with van der Waals surface area (Å²) >= 11 is 1.30. The van der Waals surface area contributed by atoms with Crippen molar-refractivity contribution in [1.82, 2.24) is 10.3 Å². The predicted molar refractivity (Wildman–Crippen MR) is 76.0 cm³/mol. The summed E-state index contributed by atoms with van der Waals surface area (Å²) in [5.41, 5.74) is 1.90. The van der Waals surface area contributed by atoms with Gasteiger partial charge in [0.1, 0.15) is 0 Å². The van der Waals surface area contributed by atoms with Crippen LogP contribution in [0.4, 0.5) is 0 Å². The van der Waals surface area contributed by atoms with E-state index in [4.69, 9.17) is 0 Å². The Morgan fingerprint density at radius 3 is 3.00 bits per heavy atom. The molecule has 98 valence electrons. The molecule has 0 saturated carbocycles. The molecule has 2 N–H and O–H groups in total. The molecule has 0 spiro atoms. The molecular weight excluding hydrogens is 260 g/mol. The van der Waals surface area contributed by atoms with Crippen LogP contribution in [0.2, 0.25) is 0 Å². The van der Waals surface area contributed by atoms with Crippen LogP contribution in [-0.2, 0) is 16.0 Å². The summed E-state index contributed by atoms with van der Waals surface area (Å²) in [7, 11) is 0. The molecule has 0 aliphatic carbocycles. The van der Waals surface area contributed by atoms with E-state index in [1.807, 2.05) is 30.3 Å². The van der Waals surface area contributed by atoms with E-state index in [0.29, 0.717) is 0 Å². The second kappa shape index (κ2) is 5.09. The Labute approximate surface area is 115 Å². The Morgan fingerprint density at radius 1 is 1.42 bits per heavy atom. The highest BCUT2D eigenvalue weighted by molar-refractivity contribution is 8.14. The van der Waals surface area contributed by atoms with Crippen LogP contribution < -0.4 is 5.32 Å². The fourth-order valence-corrected chi connectivity index (χ4v) is 3.21. The monoisotopic (exact) mass is 274 g/mol. The molecule has 5 heteroatoms. The zero-order valence-electron chi connectivity index (χ0n) is 10.3. The van der Waals surface area contributed by atoms with Gasteiger partial charge in [0.05, 0.1) is 12.5 Å². The van der Waals surface area contributed by atoms with Crippen molar-refractivity contribution >= 4 is 33.7 Å². The molecule has 1 amide bonds. The molecule has 1 aromatic carbocycles. The number of aromatic nitrogens is 1. The van der Waals surface area contributed by atoms with Gasteiger partial charge in [0.25, 0.3) is 0 Å². The Bertz CT molecular complexity index is 602. The maximum Gasteiger partial charge on any atom is 0.226 e. The molecule has 19 heavy (non-hydrogen) atoms. The lowest BCUT2D eigenvalue weighted by atomic mass is 10.2. The Kier molecular flexibility index (Phi) is 3.29. The smallest absolute Gasteiger partial charge is 0.226 e. The van der Waals surface area contributed by atoms with E-state index < -0.39 is 0 Å². The number of amides is 1. The number of benzene rings is 1. The van der Waals surface area contributed by atoms with Crippen molar-refractivity contribution < 1.29 is 9.59 Å². The fourth-order valence-electron chi connectivity index (χ4n) is 2.27. The molecule has 0 bridgehead atoms. The van der Waals surface area contributed by atoms with Gasteiger partial charge in [0, 0.05) is 17.0 Å². The molecule has 1 aliphatic heterocycles. The van der Waals surface area contributed by atoms with Crippen molar-refractivity contribution in [2.75, 3.05) is 5.75 Å². The third kappa shape index (κ3) is 2.66. The zero-order valence-corrected chi connectivity index (χ0v) is 11.1. The van der Waals surface area contributed by atoms with Gasteiger partial charge in [-0.15, -0.1) is 0 Å². The van der Waals surface area contributed by atoms with Crippen LogP contribution in [0.15, 0.2) is 30.3 Å². The van der Waals surface area contributed by atoms with Crippen LogP contribution >= 0.6 is 11.8 Å². The second-order valence-corrected chi connectivity index (χ2v) is 5.73. The first kappa shape index (κ1) is 12.3. The highest BCUT2D eigenvalue weighted by Gasteiger charge is 2.26. The molecule has 1 aromatic heterocycles. The molecule has 4 nitrogen and oxygen atoms in total. The molecular formula is C14H14N2O2S. The molecule has 0 unspecified atom stereocenters. The third-order valence-corrected chi connectivity index (χ3v) is 4.22. The van der Waals surface area contributed by atoms with E-state index in [2.05, 4.69) is 10.3 Å². The van der Waals surface area contributed by atoms with Gasteiger partial charge in [-0.3, -0.25) is 9.59 Å². The summed E-state index contributed by atoms with van der Waals surface area (Å²) in [4.78, 5) is 26.6. The van der Waals surface area contributed by atoms with Gasteiger partial charge in [0.2, 0.25) is 11.0 Å². The topological polar surface area (TPSA) is 62.0 Å². The fraction of sp³-hybridized carbons (Fsp3) is 0.286. The van der Waals surface area contributed by atoms with Gasteiger partial charge in [-0.1, -0.05) is 30.0 Å². The third-order valence-electron chi connectivity index (χ3n) is 3.21. The minimum Gasteiger partial charge on any atom is -0.358 e. The summed E-state index contributed by atoms with van der Waals surface area (Å²) in [5, 5.41) is 3.96. The quantitative estimate of drug-likeness (QED) is 0.898. The molecule has 2 heterocycles. The second-order valence-electron chi connectivity index (χ2n) is 4.63. The van der Waals surface area contributed by atoms with Crippen LogP contribution in [0.3, 0.4) is 0 Å². The van der Waals surface area contributed by atoms with E-state index in [1.54, 1.807) is 0 Å². The Balaban J connectivity index is 1.67. The number of nitrogens with one attached hydrogen (secondary N) is 2. The summed E-state index contributed by atoms with van der Waals surface area (Å²) < 4.78 is 0. The van der Waals surface area contributed by atoms with Gasteiger partial charge in [-0.05, 0) is 23.9 Å². The first-order valence-electron chi connectivity index (χ1n) is 6.25. The molecule has 2 aromatic rings. The van der Waals surface area contributed by atoms with E-state index in [9.17, 15) is 9.59 Å². The van der Waals surface area contributed by atoms with Crippen molar-refractivity contribution in [3.8, 4) is 0 Å². The summed E-state index contributed by atoms with van der Waals surface area (Å²) in [6.07, 6.45) is 1.02. The van der Waals surface area contributed by atoms with Gasteiger partial charge in [-0.25, -0.2) is 0 Å². The van der Waals surface area contributed by atoms with E-state index in [0.717, 1.165) is 28.8 Å².